The molecule has 35 heavy (non-hydrogen) atoms. The lowest BCUT2D eigenvalue weighted by atomic mass is 9.87. The number of carbonyl (C=O) groups excluding carboxylic acids is 2. The molecule has 2 aromatic rings. The van der Waals surface area contributed by atoms with Crippen LogP contribution >= 0.6 is 11.8 Å². The molecule has 3 amide bonds. The van der Waals surface area contributed by atoms with Gasteiger partial charge in [0.2, 0.25) is 5.91 Å². The molecule has 0 aromatic heterocycles. The maximum Gasteiger partial charge on any atom is 0.318 e. The maximum atomic E-state index is 13.3. The smallest absolute Gasteiger partial charge is 0.318 e. The lowest BCUT2D eigenvalue weighted by molar-refractivity contribution is -0.123. The van der Waals surface area contributed by atoms with Gasteiger partial charge in [0.1, 0.15) is 6.04 Å². The third-order valence-corrected chi connectivity index (χ3v) is 7.56. The predicted molar refractivity (Wildman–Crippen MR) is 139 cm³/mol. The summed E-state index contributed by atoms with van der Waals surface area (Å²) in [6, 6.07) is 11.4. The fourth-order valence-corrected chi connectivity index (χ4v) is 5.45. The molecule has 0 saturated carbocycles. The zero-order valence-electron chi connectivity index (χ0n) is 20.8. The van der Waals surface area contributed by atoms with Gasteiger partial charge in [-0.3, -0.25) is 4.79 Å². The van der Waals surface area contributed by atoms with E-state index in [9.17, 15) is 9.59 Å². The monoisotopic (exact) mass is 497 g/mol. The molecule has 0 bridgehead atoms. The van der Waals surface area contributed by atoms with Crippen molar-refractivity contribution in [2.24, 2.45) is 0 Å². The Bertz CT molecular complexity index is 1060. The van der Waals surface area contributed by atoms with Crippen LogP contribution in [-0.2, 0) is 24.2 Å². The van der Waals surface area contributed by atoms with Crippen molar-refractivity contribution in [1.29, 1.82) is 0 Å². The quantitative estimate of drug-likeness (QED) is 0.574. The summed E-state index contributed by atoms with van der Waals surface area (Å²) in [7, 11) is 3.23. The van der Waals surface area contributed by atoms with Gasteiger partial charge in [-0.05, 0) is 78.5 Å². The van der Waals surface area contributed by atoms with Crippen molar-refractivity contribution >= 4 is 23.7 Å². The van der Waals surface area contributed by atoms with Crippen LogP contribution in [0.1, 0.15) is 47.6 Å². The summed E-state index contributed by atoms with van der Waals surface area (Å²) in [4.78, 5) is 28.3. The molecule has 1 aliphatic carbocycles. The van der Waals surface area contributed by atoms with Crippen LogP contribution in [0.25, 0.3) is 0 Å². The molecule has 7 nitrogen and oxygen atoms in total. The Morgan fingerprint density at radius 1 is 1.09 bits per heavy atom. The van der Waals surface area contributed by atoms with Crippen molar-refractivity contribution in [1.82, 2.24) is 15.5 Å². The number of rotatable bonds is 8. The summed E-state index contributed by atoms with van der Waals surface area (Å²) >= 11 is 1.67. The number of nitrogens with one attached hydrogen (secondary N) is 2. The molecular weight excluding hydrogens is 462 g/mol. The highest BCUT2D eigenvalue weighted by molar-refractivity contribution is 7.98. The molecule has 0 fully saturated rings. The molecule has 1 aliphatic heterocycles. The average Bonchev–Trinajstić information content (AvgIpc) is 2.89. The van der Waals surface area contributed by atoms with Gasteiger partial charge < -0.3 is 25.0 Å². The van der Waals surface area contributed by atoms with E-state index in [0.29, 0.717) is 31.0 Å². The van der Waals surface area contributed by atoms with E-state index < -0.39 is 6.04 Å². The van der Waals surface area contributed by atoms with Gasteiger partial charge in [0, 0.05) is 13.1 Å². The van der Waals surface area contributed by atoms with Gasteiger partial charge in [-0.1, -0.05) is 24.3 Å². The van der Waals surface area contributed by atoms with Gasteiger partial charge in [0.25, 0.3) is 0 Å². The number of amides is 3. The van der Waals surface area contributed by atoms with Crippen LogP contribution in [-0.4, -0.2) is 55.7 Å². The molecular formula is C27H35N3O4S. The first-order valence-corrected chi connectivity index (χ1v) is 13.6. The van der Waals surface area contributed by atoms with Crippen LogP contribution in [0.2, 0.25) is 0 Å². The van der Waals surface area contributed by atoms with Crippen molar-refractivity contribution < 1.29 is 19.1 Å². The number of benzene rings is 2. The number of thioether (sulfide) groups is 1. The Labute approximate surface area is 211 Å². The zero-order chi connectivity index (χ0) is 24.8. The number of ether oxygens (including phenoxy) is 2. The average molecular weight is 498 g/mol. The Morgan fingerprint density at radius 2 is 1.83 bits per heavy atom. The second kappa shape index (κ2) is 11.7. The summed E-state index contributed by atoms with van der Waals surface area (Å²) in [5.41, 5.74) is 4.68. The SMILES string of the molecule is COc1cc2c(cc1OC)CN(C(=O)N[C@H](CCSC)C(=O)NC1CCCc3ccccc31)CC2. The topological polar surface area (TPSA) is 79.9 Å². The van der Waals surface area contributed by atoms with E-state index in [0.717, 1.165) is 42.6 Å². The molecule has 188 valence electrons. The third kappa shape index (κ3) is 5.86. The molecule has 0 saturated heterocycles. The van der Waals surface area contributed by atoms with Crippen molar-refractivity contribution in [2.75, 3.05) is 32.8 Å². The van der Waals surface area contributed by atoms with E-state index in [1.165, 1.54) is 11.1 Å². The normalized spacial score (nSPS) is 17.6. The Hall–Kier alpha value is -2.87. The largest absolute Gasteiger partial charge is 0.493 e. The fourth-order valence-electron chi connectivity index (χ4n) is 4.98. The molecule has 2 atom stereocenters. The number of hydrogen-bond acceptors (Lipinski definition) is 5. The molecule has 1 heterocycles. The van der Waals surface area contributed by atoms with E-state index in [1.54, 1.807) is 30.9 Å². The predicted octanol–water partition coefficient (Wildman–Crippen LogP) is 4.09. The number of fused-ring (bicyclic) bond motifs is 2. The first-order chi connectivity index (χ1) is 17.0. The molecule has 0 spiro atoms. The molecule has 2 aliphatic rings. The Balaban J connectivity index is 1.43. The number of carbonyl (C=O) groups is 2. The third-order valence-electron chi connectivity index (χ3n) is 6.92. The second-order valence-corrected chi connectivity index (χ2v) is 10.1. The number of urea groups is 1. The van der Waals surface area contributed by atoms with E-state index in [-0.39, 0.29) is 18.0 Å². The van der Waals surface area contributed by atoms with Crippen molar-refractivity contribution in [2.45, 2.75) is 50.7 Å². The summed E-state index contributed by atoms with van der Waals surface area (Å²) in [5, 5.41) is 6.25. The highest BCUT2D eigenvalue weighted by Gasteiger charge is 2.29. The zero-order valence-corrected chi connectivity index (χ0v) is 21.6. The molecule has 2 N–H and O–H groups in total. The van der Waals surface area contributed by atoms with E-state index in [1.807, 2.05) is 30.5 Å². The minimum absolute atomic E-state index is 0.00885. The van der Waals surface area contributed by atoms with E-state index in [4.69, 9.17) is 9.47 Å². The van der Waals surface area contributed by atoms with Gasteiger partial charge in [-0.2, -0.15) is 11.8 Å². The van der Waals surface area contributed by atoms with Gasteiger partial charge >= 0.3 is 6.03 Å². The second-order valence-electron chi connectivity index (χ2n) is 9.08. The fraction of sp³-hybridized carbons (Fsp3) is 0.481. The van der Waals surface area contributed by atoms with Crippen LogP contribution in [0, 0.1) is 0 Å². The summed E-state index contributed by atoms with van der Waals surface area (Å²) in [5.74, 6) is 2.03. The Morgan fingerprint density at radius 3 is 2.57 bits per heavy atom. The first-order valence-electron chi connectivity index (χ1n) is 12.2. The van der Waals surface area contributed by atoms with E-state index in [2.05, 4.69) is 22.8 Å². The number of aryl methyl sites for hydroxylation is 1. The van der Waals surface area contributed by atoms with Crippen molar-refractivity contribution in [3.05, 3.63) is 58.7 Å². The molecule has 4 rings (SSSR count). The molecule has 0 radical (unpaired) electrons. The van der Waals surface area contributed by atoms with Crippen LogP contribution in [0.4, 0.5) is 4.79 Å². The van der Waals surface area contributed by atoms with Crippen molar-refractivity contribution in [3.8, 4) is 11.5 Å². The summed E-state index contributed by atoms with van der Waals surface area (Å²) in [6.07, 6.45) is 6.33. The minimum Gasteiger partial charge on any atom is -0.493 e. The first kappa shape index (κ1) is 25.2. The van der Waals surface area contributed by atoms with Gasteiger partial charge in [-0.15, -0.1) is 0 Å². The van der Waals surface area contributed by atoms with Crippen LogP contribution in [0.3, 0.4) is 0 Å². The summed E-state index contributed by atoms with van der Waals surface area (Å²) < 4.78 is 10.8. The van der Waals surface area contributed by atoms with Crippen LogP contribution < -0.4 is 20.1 Å². The highest BCUT2D eigenvalue weighted by atomic mass is 32.2. The van der Waals surface area contributed by atoms with Gasteiger partial charge in [0.15, 0.2) is 11.5 Å². The number of hydrogen-bond donors (Lipinski definition) is 2. The van der Waals surface area contributed by atoms with E-state index >= 15 is 0 Å². The molecule has 1 unspecified atom stereocenters. The number of methoxy groups -OCH3 is 2. The Kier molecular flexibility index (Phi) is 8.44. The number of nitrogens with zero attached hydrogens (tertiary/aromatic N) is 1. The highest BCUT2D eigenvalue weighted by Crippen LogP contribution is 2.33. The lowest BCUT2D eigenvalue weighted by Crippen LogP contribution is -2.52. The lowest BCUT2D eigenvalue weighted by Gasteiger charge is -2.32. The van der Waals surface area contributed by atoms with Gasteiger partial charge in [-0.25, -0.2) is 4.79 Å². The van der Waals surface area contributed by atoms with Gasteiger partial charge in [0.05, 0.1) is 20.3 Å². The molecule has 2 aromatic carbocycles. The van der Waals surface area contributed by atoms with Crippen LogP contribution in [0.5, 0.6) is 11.5 Å². The maximum absolute atomic E-state index is 13.3. The van der Waals surface area contributed by atoms with Crippen LogP contribution in [0.15, 0.2) is 36.4 Å². The molecule has 8 heteroatoms. The summed E-state index contributed by atoms with van der Waals surface area (Å²) in [6.45, 7) is 1.05. The minimum atomic E-state index is -0.573. The standard InChI is InChI=1S/C27H35N3O4S/c1-33-24-15-19-11-13-30(17-20(19)16-25(24)34-2)27(32)29-23(12-14-35-3)26(31)28-22-10-6-8-18-7-4-5-9-21(18)22/h4-5,7,9,15-16,22-23H,6,8,10-14,17H2,1-3H3,(H,28,31)(H,29,32)/t22?,23-/m1/s1. The van der Waals surface area contributed by atoms with Crippen molar-refractivity contribution in [3.63, 3.8) is 0 Å².